The van der Waals surface area contributed by atoms with Gasteiger partial charge in [-0.25, -0.2) is 4.79 Å². The Hall–Kier alpha value is -2.23. The van der Waals surface area contributed by atoms with Gasteiger partial charge in [-0.2, -0.15) is 0 Å². The third kappa shape index (κ3) is 1.69. The van der Waals surface area contributed by atoms with Crippen LogP contribution in [0.25, 0.3) is 5.69 Å². The first-order chi connectivity index (χ1) is 7.18. The lowest BCUT2D eigenvalue weighted by molar-refractivity contribution is 0.0696. The monoisotopic (exact) mass is 203 g/mol. The Morgan fingerprint density at radius 2 is 1.87 bits per heavy atom. The molecule has 0 unspecified atom stereocenters. The number of carboxylic acids is 1. The van der Waals surface area contributed by atoms with E-state index in [2.05, 4.69) is 0 Å². The summed E-state index contributed by atoms with van der Waals surface area (Å²) in [6.45, 7) is 0. The van der Waals surface area contributed by atoms with Gasteiger partial charge in [-0.1, -0.05) is 0 Å². The van der Waals surface area contributed by atoms with Crippen molar-refractivity contribution in [2.75, 3.05) is 0 Å². The molecule has 0 spiro atoms. The molecule has 2 aromatic rings. The van der Waals surface area contributed by atoms with Gasteiger partial charge in [0.25, 0.3) is 0 Å². The van der Waals surface area contributed by atoms with Gasteiger partial charge in [0.1, 0.15) is 5.75 Å². The number of phenolic OH excluding ortho intramolecular Hbond substituents is 1. The Morgan fingerprint density at radius 1 is 1.20 bits per heavy atom. The van der Waals surface area contributed by atoms with E-state index in [1.54, 1.807) is 35.2 Å². The summed E-state index contributed by atoms with van der Waals surface area (Å²) in [4.78, 5) is 10.9. The van der Waals surface area contributed by atoms with E-state index in [0.717, 1.165) is 0 Å². The summed E-state index contributed by atoms with van der Waals surface area (Å²) in [7, 11) is 0. The molecule has 0 fully saturated rings. The second-order valence-corrected chi connectivity index (χ2v) is 3.10. The number of carboxylic acid groups (broad SMARTS) is 1. The van der Waals surface area contributed by atoms with Gasteiger partial charge in [-0.3, -0.25) is 0 Å². The molecule has 0 saturated carbocycles. The van der Waals surface area contributed by atoms with Crippen LogP contribution in [-0.4, -0.2) is 20.7 Å². The van der Waals surface area contributed by atoms with Crippen LogP contribution in [0.1, 0.15) is 10.4 Å². The molecule has 0 saturated heterocycles. The van der Waals surface area contributed by atoms with Gasteiger partial charge in [0.05, 0.1) is 11.3 Å². The molecule has 76 valence electrons. The van der Waals surface area contributed by atoms with Crippen molar-refractivity contribution in [1.82, 2.24) is 4.57 Å². The standard InChI is InChI=1S/C11H9NO3/c13-8-3-4-10(9(7-8)11(14)15)12-5-1-2-6-12/h1-7,13H,(H,14,15). The number of rotatable bonds is 2. The smallest absolute Gasteiger partial charge is 0.337 e. The second-order valence-electron chi connectivity index (χ2n) is 3.10. The number of hydrogen-bond donors (Lipinski definition) is 2. The van der Waals surface area contributed by atoms with Crippen LogP contribution in [0, 0.1) is 0 Å². The zero-order chi connectivity index (χ0) is 10.8. The quantitative estimate of drug-likeness (QED) is 0.783. The highest BCUT2D eigenvalue weighted by atomic mass is 16.4. The summed E-state index contributed by atoms with van der Waals surface area (Å²) in [5.41, 5.74) is 0.608. The number of carbonyl (C=O) groups is 1. The first kappa shape index (κ1) is 9.33. The lowest BCUT2D eigenvalue weighted by atomic mass is 10.1. The third-order valence-corrected chi connectivity index (χ3v) is 2.09. The van der Waals surface area contributed by atoms with Gasteiger partial charge in [-0.15, -0.1) is 0 Å². The number of aromatic hydroxyl groups is 1. The number of nitrogens with zero attached hydrogens (tertiary/aromatic N) is 1. The molecule has 1 aromatic heterocycles. The highest BCUT2D eigenvalue weighted by molar-refractivity contribution is 5.92. The largest absolute Gasteiger partial charge is 0.508 e. The zero-order valence-electron chi connectivity index (χ0n) is 7.79. The topological polar surface area (TPSA) is 62.5 Å². The predicted molar refractivity (Wildman–Crippen MR) is 54.4 cm³/mol. The molecular weight excluding hydrogens is 194 g/mol. The molecule has 0 aliphatic rings. The van der Waals surface area contributed by atoms with Crippen molar-refractivity contribution in [2.45, 2.75) is 0 Å². The van der Waals surface area contributed by atoms with E-state index in [9.17, 15) is 9.90 Å². The van der Waals surface area contributed by atoms with Crippen molar-refractivity contribution in [1.29, 1.82) is 0 Å². The molecule has 4 heteroatoms. The molecule has 15 heavy (non-hydrogen) atoms. The number of hydrogen-bond acceptors (Lipinski definition) is 2. The maximum Gasteiger partial charge on any atom is 0.337 e. The fraction of sp³-hybridized carbons (Fsp3) is 0. The number of phenols is 1. The summed E-state index contributed by atoms with van der Waals surface area (Å²) in [5, 5.41) is 18.2. The van der Waals surface area contributed by atoms with Crippen LogP contribution < -0.4 is 0 Å². The molecule has 0 aliphatic carbocycles. The minimum Gasteiger partial charge on any atom is -0.508 e. The molecule has 2 rings (SSSR count). The minimum absolute atomic E-state index is 0.0525. The Morgan fingerprint density at radius 3 is 2.47 bits per heavy atom. The van der Waals surface area contributed by atoms with Crippen LogP contribution in [0.15, 0.2) is 42.7 Å². The normalized spacial score (nSPS) is 10.1. The van der Waals surface area contributed by atoms with Gasteiger partial charge >= 0.3 is 5.97 Å². The molecule has 1 aromatic carbocycles. The molecule has 0 amide bonds. The Balaban J connectivity index is 2.61. The van der Waals surface area contributed by atoms with E-state index in [1.165, 1.54) is 12.1 Å². The van der Waals surface area contributed by atoms with Crippen LogP contribution in [0.5, 0.6) is 5.75 Å². The average molecular weight is 203 g/mol. The number of benzene rings is 1. The number of aromatic nitrogens is 1. The average Bonchev–Trinajstić information content (AvgIpc) is 2.70. The van der Waals surface area contributed by atoms with E-state index in [4.69, 9.17) is 5.11 Å². The lowest BCUT2D eigenvalue weighted by Crippen LogP contribution is -2.03. The highest BCUT2D eigenvalue weighted by Gasteiger charge is 2.11. The molecule has 0 bridgehead atoms. The molecule has 1 heterocycles. The van der Waals surface area contributed by atoms with E-state index >= 15 is 0 Å². The van der Waals surface area contributed by atoms with Crippen molar-refractivity contribution in [2.24, 2.45) is 0 Å². The maximum absolute atomic E-state index is 10.9. The van der Waals surface area contributed by atoms with Crippen LogP contribution in [0.3, 0.4) is 0 Å². The molecule has 2 N–H and O–H groups in total. The van der Waals surface area contributed by atoms with Gasteiger partial charge in [0.2, 0.25) is 0 Å². The van der Waals surface area contributed by atoms with Crippen molar-refractivity contribution in [3.05, 3.63) is 48.3 Å². The van der Waals surface area contributed by atoms with Crippen molar-refractivity contribution < 1.29 is 15.0 Å². The van der Waals surface area contributed by atoms with E-state index < -0.39 is 5.97 Å². The summed E-state index contributed by atoms with van der Waals surface area (Å²) < 4.78 is 1.68. The molecule has 0 atom stereocenters. The fourth-order valence-corrected chi connectivity index (χ4v) is 1.42. The molecule has 0 radical (unpaired) electrons. The lowest BCUT2D eigenvalue weighted by Gasteiger charge is -2.07. The summed E-state index contributed by atoms with van der Waals surface area (Å²) in [6.07, 6.45) is 3.50. The SMILES string of the molecule is O=C(O)c1cc(O)ccc1-n1cccc1. The van der Waals surface area contributed by atoms with Crippen molar-refractivity contribution >= 4 is 5.97 Å². The van der Waals surface area contributed by atoms with Crippen LogP contribution >= 0.6 is 0 Å². The van der Waals surface area contributed by atoms with E-state index in [0.29, 0.717) is 5.69 Å². The van der Waals surface area contributed by atoms with E-state index in [-0.39, 0.29) is 11.3 Å². The first-order valence-electron chi connectivity index (χ1n) is 4.38. The zero-order valence-corrected chi connectivity index (χ0v) is 7.79. The Kier molecular flexibility index (Phi) is 2.17. The summed E-state index contributed by atoms with van der Waals surface area (Å²) in [5.74, 6) is -1.11. The van der Waals surface area contributed by atoms with Gasteiger partial charge in [0.15, 0.2) is 0 Å². The predicted octanol–water partition coefficient (Wildman–Crippen LogP) is 1.88. The summed E-state index contributed by atoms with van der Waals surface area (Å²) >= 11 is 0. The molecule has 4 nitrogen and oxygen atoms in total. The van der Waals surface area contributed by atoms with Gasteiger partial charge in [-0.05, 0) is 30.3 Å². The Labute approximate surface area is 86.0 Å². The van der Waals surface area contributed by atoms with Crippen LogP contribution in [-0.2, 0) is 0 Å². The Bertz CT molecular complexity index is 489. The molecular formula is C11H9NO3. The second kappa shape index (κ2) is 3.49. The van der Waals surface area contributed by atoms with Crippen LogP contribution in [0.4, 0.5) is 0 Å². The van der Waals surface area contributed by atoms with Gasteiger partial charge in [0, 0.05) is 12.4 Å². The van der Waals surface area contributed by atoms with E-state index in [1.807, 2.05) is 0 Å². The molecule has 0 aliphatic heterocycles. The van der Waals surface area contributed by atoms with Gasteiger partial charge < -0.3 is 14.8 Å². The maximum atomic E-state index is 10.9. The number of aromatic carboxylic acids is 1. The minimum atomic E-state index is -1.06. The van der Waals surface area contributed by atoms with Crippen molar-refractivity contribution in [3.63, 3.8) is 0 Å². The van der Waals surface area contributed by atoms with Crippen LogP contribution in [0.2, 0.25) is 0 Å². The first-order valence-corrected chi connectivity index (χ1v) is 4.38. The highest BCUT2D eigenvalue weighted by Crippen LogP contribution is 2.20. The fourth-order valence-electron chi connectivity index (χ4n) is 1.42. The summed E-state index contributed by atoms with van der Waals surface area (Å²) in [6, 6.07) is 7.87. The van der Waals surface area contributed by atoms with Crippen molar-refractivity contribution in [3.8, 4) is 11.4 Å². The third-order valence-electron chi connectivity index (χ3n) is 2.09.